The van der Waals surface area contributed by atoms with Gasteiger partial charge >= 0.3 is 0 Å². The molecule has 0 bridgehead atoms. The Hall–Kier alpha value is -2.98. The van der Waals surface area contributed by atoms with E-state index in [0.29, 0.717) is 5.75 Å². The number of benzene rings is 1. The van der Waals surface area contributed by atoms with Crippen LogP contribution in [0.5, 0.6) is 5.75 Å². The number of hydroxylamine groups is 1. The van der Waals surface area contributed by atoms with Crippen LogP contribution in [0.15, 0.2) is 41.5 Å². The lowest BCUT2D eigenvalue weighted by Gasteiger charge is -2.04. The van der Waals surface area contributed by atoms with Gasteiger partial charge in [-0.1, -0.05) is 12.1 Å². The summed E-state index contributed by atoms with van der Waals surface area (Å²) in [5.74, 6) is 0.322. The predicted octanol–water partition coefficient (Wildman–Crippen LogP) is 2.48. The summed E-state index contributed by atoms with van der Waals surface area (Å²) >= 11 is 0. The molecule has 1 aromatic carbocycles. The predicted molar refractivity (Wildman–Crippen MR) is 78.0 cm³/mol. The summed E-state index contributed by atoms with van der Waals surface area (Å²) in [6, 6.07) is 9.50. The number of aliphatic imine (C=N–C) groups is 1. The smallest absolute Gasteiger partial charge is 0.175 e. The Kier molecular flexibility index (Phi) is 5.40. The van der Waals surface area contributed by atoms with Crippen LogP contribution in [0.2, 0.25) is 0 Å². The molecule has 0 amide bonds. The second-order valence-electron chi connectivity index (χ2n) is 4.11. The van der Waals surface area contributed by atoms with Crippen molar-refractivity contribution in [1.82, 2.24) is 10.5 Å². The fourth-order valence-electron chi connectivity index (χ4n) is 1.64. The topological polar surface area (TPSA) is 79.5 Å². The molecule has 1 aromatic heterocycles. The fourth-order valence-corrected chi connectivity index (χ4v) is 1.64. The van der Waals surface area contributed by atoms with Gasteiger partial charge in [0.2, 0.25) is 0 Å². The molecule has 112 valence electrons. The SMILES string of the molecule is COc1ccnc(N=CNOCc2ccc(F)cc2)c1C#N. The van der Waals surface area contributed by atoms with Crippen LogP contribution < -0.4 is 10.2 Å². The lowest BCUT2D eigenvalue weighted by Crippen LogP contribution is -2.11. The number of methoxy groups -OCH3 is 1. The van der Waals surface area contributed by atoms with E-state index in [1.807, 2.05) is 6.07 Å². The summed E-state index contributed by atoms with van der Waals surface area (Å²) in [7, 11) is 1.47. The molecule has 0 fully saturated rings. The monoisotopic (exact) mass is 300 g/mol. The molecular formula is C15H13FN4O2. The Balaban J connectivity index is 1.90. The van der Waals surface area contributed by atoms with Crippen LogP contribution in [0.3, 0.4) is 0 Å². The van der Waals surface area contributed by atoms with E-state index in [4.69, 9.17) is 14.8 Å². The van der Waals surface area contributed by atoms with Gasteiger partial charge in [-0.3, -0.25) is 10.3 Å². The van der Waals surface area contributed by atoms with Crippen molar-refractivity contribution < 1.29 is 14.0 Å². The zero-order chi connectivity index (χ0) is 15.8. The minimum absolute atomic E-state index is 0.222. The standard InChI is InChI=1S/C15H13FN4O2/c1-21-14-6-7-18-15(13(14)8-17)19-10-20-22-9-11-2-4-12(16)5-3-11/h2-7,10H,9H2,1H3,(H,18,19,20). The van der Waals surface area contributed by atoms with Crippen LogP contribution >= 0.6 is 0 Å². The summed E-state index contributed by atoms with van der Waals surface area (Å²) in [5.41, 5.74) is 3.55. The first-order valence-corrected chi connectivity index (χ1v) is 6.32. The molecule has 6 nitrogen and oxygen atoms in total. The van der Waals surface area contributed by atoms with Crippen molar-refractivity contribution in [2.75, 3.05) is 7.11 Å². The van der Waals surface area contributed by atoms with Gasteiger partial charge < -0.3 is 4.74 Å². The van der Waals surface area contributed by atoms with E-state index in [9.17, 15) is 4.39 Å². The highest BCUT2D eigenvalue weighted by atomic mass is 19.1. The summed E-state index contributed by atoms with van der Waals surface area (Å²) in [6.07, 6.45) is 2.76. The molecule has 2 rings (SSSR count). The Labute approximate surface area is 126 Å². The average Bonchev–Trinajstić information content (AvgIpc) is 2.55. The lowest BCUT2D eigenvalue weighted by molar-refractivity contribution is 0.0745. The Bertz CT molecular complexity index is 696. The maximum absolute atomic E-state index is 12.7. The molecule has 1 N–H and O–H groups in total. The summed E-state index contributed by atoms with van der Waals surface area (Å²) < 4.78 is 17.8. The summed E-state index contributed by atoms with van der Waals surface area (Å²) in [6.45, 7) is 0.239. The number of hydrogen-bond donors (Lipinski definition) is 1. The molecular weight excluding hydrogens is 287 g/mol. The summed E-state index contributed by atoms with van der Waals surface area (Å²) in [4.78, 5) is 13.1. The highest BCUT2D eigenvalue weighted by Gasteiger charge is 2.08. The van der Waals surface area contributed by atoms with Crippen molar-refractivity contribution in [1.29, 1.82) is 5.26 Å². The number of pyridine rings is 1. The van der Waals surface area contributed by atoms with Crippen molar-refractivity contribution in [2.24, 2.45) is 4.99 Å². The fraction of sp³-hybridized carbons (Fsp3) is 0.133. The molecule has 0 aliphatic rings. The third-order valence-corrected chi connectivity index (χ3v) is 2.70. The van der Waals surface area contributed by atoms with Crippen LogP contribution in [-0.4, -0.2) is 18.4 Å². The molecule has 0 saturated heterocycles. The van der Waals surface area contributed by atoms with Gasteiger partial charge in [-0.05, 0) is 23.8 Å². The first-order chi connectivity index (χ1) is 10.7. The number of hydrogen-bond acceptors (Lipinski definition) is 5. The van der Waals surface area contributed by atoms with Gasteiger partial charge in [-0.2, -0.15) is 5.26 Å². The largest absolute Gasteiger partial charge is 0.495 e. The van der Waals surface area contributed by atoms with Crippen LogP contribution in [0.25, 0.3) is 0 Å². The number of aromatic nitrogens is 1. The second kappa shape index (κ2) is 7.71. The van der Waals surface area contributed by atoms with Crippen LogP contribution in [-0.2, 0) is 11.4 Å². The van der Waals surface area contributed by atoms with E-state index in [1.54, 1.807) is 18.2 Å². The molecule has 22 heavy (non-hydrogen) atoms. The number of nitrogens with one attached hydrogen (secondary N) is 1. The van der Waals surface area contributed by atoms with Gasteiger partial charge in [0.1, 0.15) is 29.5 Å². The molecule has 7 heteroatoms. The van der Waals surface area contributed by atoms with Crippen LogP contribution in [0.1, 0.15) is 11.1 Å². The van der Waals surface area contributed by atoms with Gasteiger partial charge in [0.15, 0.2) is 5.82 Å². The van der Waals surface area contributed by atoms with E-state index >= 15 is 0 Å². The average molecular weight is 300 g/mol. The molecule has 0 unspecified atom stereocenters. The van der Waals surface area contributed by atoms with Crippen molar-refractivity contribution >= 4 is 12.2 Å². The number of halogens is 1. The van der Waals surface area contributed by atoms with Gasteiger partial charge in [0, 0.05) is 6.20 Å². The minimum Gasteiger partial charge on any atom is -0.495 e. The molecule has 0 spiro atoms. The number of rotatable bonds is 6. The number of nitriles is 1. The van der Waals surface area contributed by atoms with E-state index in [1.165, 1.54) is 31.8 Å². The maximum atomic E-state index is 12.7. The van der Waals surface area contributed by atoms with E-state index < -0.39 is 0 Å². The molecule has 0 radical (unpaired) electrons. The third kappa shape index (κ3) is 4.01. The molecule has 0 saturated carbocycles. The molecule has 1 heterocycles. The van der Waals surface area contributed by atoms with Gasteiger partial charge in [0.25, 0.3) is 0 Å². The van der Waals surface area contributed by atoms with Crippen LogP contribution in [0.4, 0.5) is 10.2 Å². The minimum atomic E-state index is -0.300. The van der Waals surface area contributed by atoms with Crippen molar-refractivity contribution in [3.8, 4) is 11.8 Å². The quantitative estimate of drug-likeness (QED) is 0.384. The molecule has 0 atom stereocenters. The first-order valence-electron chi connectivity index (χ1n) is 6.32. The molecule has 0 aliphatic carbocycles. The third-order valence-electron chi connectivity index (χ3n) is 2.70. The van der Waals surface area contributed by atoms with Crippen LogP contribution in [0, 0.1) is 17.1 Å². The highest BCUT2D eigenvalue weighted by molar-refractivity contribution is 5.64. The Morgan fingerprint density at radius 3 is 2.82 bits per heavy atom. The molecule has 2 aromatic rings. The van der Waals surface area contributed by atoms with Gasteiger partial charge in [0.05, 0.1) is 13.7 Å². The first kappa shape index (κ1) is 15.4. The normalized spacial score (nSPS) is 10.4. The zero-order valence-electron chi connectivity index (χ0n) is 11.8. The van der Waals surface area contributed by atoms with Crippen molar-refractivity contribution in [2.45, 2.75) is 6.61 Å². The van der Waals surface area contributed by atoms with Crippen molar-refractivity contribution in [3.63, 3.8) is 0 Å². The Morgan fingerprint density at radius 1 is 1.36 bits per heavy atom. The zero-order valence-corrected chi connectivity index (χ0v) is 11.8. The van der Waals surface area contributed by atoms with Gasteiger partial charge in [-0.25, -0.2) is 14.4 Å². The maximum Gasteiger partial charge on any atom is 0.175 e. The summed E-state index contributed by atoms with van der Waals surface area (Å²) in [5, 5.41) is 9.08. The number of ether oxygens (including phenoxy) is 1. The van der Waals surface area contributed by atoms with Gasteiger partial charge in [-0.15, -0.1) is 0 Å². The molecule has 0 aliphatic heterocycles. The van der Waals surface area contributed by atoms with E-state index in [0.717, 1.165) is 5.56 Å². The number of nitrogens with zero attached hydrogens (tertiary/aromatic N) is 3. The highest BCUT2D eigenvalue weighted by Crippen LogP contribution is 2.24. The van der Waals surface area contributed by atoms with E-state index in [2.05, 4.69) is 15.5 Å². The lowest BCUT2D eigenvalue weighted by atomic mass is 10.2. The Morgan fingerprint density at radius 2 is 2.14 bits per heavy atom. The second-order valence-corrected chi connectivity index (χ2v) is 4.11. The van der Waals surface area contributed by atoms with E-state index in [-0.39, 0.29) is 23.8 Å². The van der Waals surface area contributed by atoms with Crippen molar-refractivity contribution in [3.05, 3.63) is 53.5 Å².